The molecule has 0 radical (unpaired) electrons. The van der Waals surface area contributed by atoms with Gasteiger partial charge >= 0.3 is 0 Å². The standard InChI is InChI=1S/C11H13NO3/c1-3-6-11(15-2)9-7-4-5-8-10(9)12(13)14/h3-5,7-8,11H,1,6H2,2H3/t11-/m1/s1. The van der Waals surface area contributed by atoms with Crippen molar-refractivity contribution < 1.29 is 9.66 Å². The number of nitro benzene ring substituents is 1. The molecule has 0 aromatic heterocycles. The third-order valence-corrected chi connectivity index (χ3v) is 2.15. The van der Waals surface area contributed by atoms with Crippen molar-refractivity contribution in [2.45, 2.75) is 12.5 Å². The van der Waals surface area contributed by atoms with Gasteiger partial charge in [0.25, 0.3) is 5.69 Å². The van der Waals surface area contributed by atoms with Gasteiger partial charge in [-0.25, -0.2) is 0 Å². The molecule has 0 aliphatic carbocycles. The molecular weight excluding hydrogens is 194 g/mol. The Morgan fingerprint density at radius 2 is 2.27 bits per heavy atom. The third-order valence-electron chi connectivity index (χ3n) is 2.15. The number of hydrogen-bond donors (Lipinski definition) is 0. The predicted molar refractivity (Wildman–Crippen MR) is 57.7 cm³/mol. The SMILES string of the molecule is C=CC[C@@H](OC)c1ccccc1[N+](=O)[O-]. The van der Waals surface area contributed by atoms with Crippen LogP contribution >= 0.6 is 0 Å². The van der Waals surface area contributed by atoms with Crippen LogP contribution in [0.15, 0.2) is 36.9 Å². The number of methoxy groups -OCH3 is 1. The molecule has 0 aliphatic heterocycles. The minimum atomic E-state index is -0.398. The molecule has 4 heteroatoms. The van der Waals surface area contributed by atoms with E-state index in [4.69, 9.17) is 4.74 Å². The molecule has 0 aliphatic rings. The summed E-state index contributed by atoms with van der Waals surface area (Å²) in [5.41, 5.74) is 0.677. The summed E-state index contributed by atoms with van der Waals surface area (Å²) in [4.78, 5) is 10.4. The van der Waals surface area contributed by atoms with Crippen molar-refractivity contribution in [3.05, 3.63) is 52.6 Å². The Kier molecular flexibility index (Phi) is 4.00. The monoisotopic (exact) mass is 207 g/mol. The van der Waals surface area contributed by atoms with Crippen LogP contribution in [0.5, 0.6) is 0 Å². The lowest BCUT2D eigenvalue weighted by Gasteiger charge is -2.13. The average molecular weight is 207 g/mol. The van der Waals surface area contributed by atoms with Crippen LogP contribution < -0.4 is 0 Å². The van der Waals surface area contributed by atoms with Crippen molar-refractivity contribution in [1.82, 2.24) is 0 Å². The van der Waals surface area contributed by atoms with Gasteiger partial charge in [-0.1, -0.05) is 18.2 Å². The molecule has 1 atom stereocenters. The molecule has 0 fully saturated rings. The summed E-state index contributed by atoms with van der Waals surface area (Å²) in [5.74, 6) is 0. The zero-order valence-corrected chi connectivity index (χ0v) is 8.55. The van der Waals surface area contributed by atoms with Gasteiger partial charge in [0, 0.05) is 13.2 Å². The number of hydrogen-bond acceptors (Lipinski definition) is 3. The fraction of sp³-hybridized carbons (Fsp3) is 0.273. The lowest BCUT2D eigenvalue weighted by atomic mass is 10.0. The molecule has 80 valence electrons. The predicted octanol–water partition coefficient (Wildman–Crippen LogP) is 2.86. The van der Waals surface area contributed by atoms with E-state index in [1.54, 1.807) is 24.3 Å². The normalized spacial score (nSPS) is 12.1. The highest BCUT2D eigenvalue weighted by molar-refractivity contribution is 5.41. The third kappa shape index (κ3) is 2.63. The average Bonchev–Trinajstić information content (AvgIpc) is 2.26. The Hall–Kier alpha value is -1.68. The number of ether oxygens (including phenoxy) is 1. The molecular formula is C11H13NO3. The molecule has 15 heavy (non-hydrogen) atoms. The first-order valence-corrected chi connectivity index (χ1v) is 4.57. The van der Waals surface area contributed by atoms with E-state index in [2.05, 4.69) is 6.58 Å². The maximum absolute atomic E-state index is 10.8. The van der Waals surface area contributed by atoms with Gasteiger partial charge in [0.15, 0.2) is 0 Å². The zero-order chi connectivity index (χ0) is 11.3. The Labute approximate surface area is 88.3 Å². The van der Waals surface area contributed by atoms with Crippen LogP contribution in [-0.4, -0.2) is 12.0 Å². The minimum absolute atomic E-state index is 0.0891. The molecule has 0 saturated heterocycles. The largest absolute Gasteiger partial charge is 0.376 e. The topological polar surface area (TPSA) is 52.4 Å². The van der Waals surface area contributed by atoms with E-state index in [-0.39, 0.29) is 11.8 Å². The molecule has 0 amide bonds. The molecule has 1 rings (SSSR count). The van der Waals surface area contributed by atoms with Crippen LogP contribution in [0.3, 0.4) is 0 Å². The first-order valence-electron chi connectivity index (χ1n) is 4.57. The fourth-order valence-electron chi connectivity index (χ4n) is 1.43. The Morgan fingerprint density at radius 3 is 2.80 bits per heavy atom. The van der Waals surface area contributed by atoms with Gasteiger partial charge in [-0.05, 0) is 12.5 Å². The van der Waals surface area contributed by atoms with E-state index in [9.17, 15) is 10.1 Å². The van der Waals surface area contributed by atoms with E-state index in [0.29, 0.717) is 12.0 Å². The van der Waals surface area contributed by atoms with Gasteiger partial charge in [0.2, 0.25) is 0 Å². The molecule has 4 nitrogen and oxygen atoms in total. The second-order valence-electron chi connectivity index (χ2n) is 3.06. The molecule has 0 saturated carbocycles. The van der Waals surface area contributed by atoms with Crippen LogP contribution in [0.4, 0.5) is 5.69 Å². The van der Waals surface area contributed by atoms with Crippen molar-refractivity contribution in [2.24, 2.45) is 0 Å². The summed E-state index contributed by atoms with van der Waals surface area (Å²) in [7, 11) is 1.53. The first kappa shape index (κ1) is 11.4. The number of benzene rings is 1. The lowest BCUT2D eigenvalue weighted by molar-refractivity contribution is -0.386. The first-order chi connectivity index (χ1) is 7.20. The molecule has 0 bridgehead atoms. The van der Waals surface area contributed by atoms with E-state index < -0.39 is 4.92 Å². The molecule has 1 aromatic carbocycles. The maximum Gasteiger partial charge on any atom is 0.275 e. The highest BCUT2D eigenvalue weighted by atomic mass is 16.6. The van der Waals surface area contributed by atoms with Crippen LogP contribution in [0, 0.1) is 10.1 Å². The van der Waals surface area contributed by atoms with Gasteiger partial charge in [-0.3, -0.25) is 10.1 Å². The van der Waals surface area contributed by atoms with E-state index >= 15 is 0 Å². The van der Waals surface area contributed by atoms with Crippen molar-refractivity contribution in [3.63, 3.8) is 0 Å². The fourth-order valence-corrected chi connectivity index (χ4v) is 1.43. The van der Waals surface area contributed by atoms with Crippen LogP contribution in [0.1, 0.15) is 18.1 Å². The highest BCUT2D eigenvalue weighted by Gasteiger charge is 2.19. The Bertz CT molecular complexity index is 363. The number of nitrogens with zero attached hydrogens (tertiary/aromatic N) is 1. The molecule has 0 spiro atoms. The molecule has 0 N–H and O–H groups in total. The van der Waals surface area contributed by atoms with Crippen molar-refractivity contribution in [3.8, 4) is 0 Å². The summed E-state index contributed by atoms with van der Waals surface area (Å²) in [6.07, 6.45) is 1.94. The van der Waals surface area contributed by atoms with Gasteiger partial charge in [0.05, 0.1) is 16.6 Å². The quantitative estimate of drug-likeness (QED) is 0.423. The number of rotatable bonds is 5. The minimum Gasteiger partial charge on any atom is -0.376 e. The molecule has 1 aromatic rings. The number of para-hydroxylation sites is 1. The van der Waals surface area contributed by atoms with Gasteiger partial charge in [-0.2, -0.15) is 0 Å². The second kappa shape index (κ2) is 5.26. The van der Waals surface area contributed by atoms with Gasteiger partial charge in [0.1, 0.15) is 0 Å². The van der Waals surface area contributed by atoms with Crippen molar-refractivity contribution >= 4 is 5.69 Å². The summed E-state index contributed by atoms with van der Waals surface area (Å²) in [5, 5.41) is 10.8. The summed E-state index contributed by atoms with van der Waals surface area (Å²) >= 11 is 0. The summed E-state index contributed by atoms with van der Waals surface area (Å²) in [6, 6.07) is 6.58. The van der Waals surface area contributed by atoms with Crippen molar-refractivity contribution in [1.29, 1.82) is 0 Å². The number of nitro groups is 1. The lowest BCUT2D eigenvalue weighted by Crippen LogP contribution is -2.04. The summed E-state index contributed by atoms with van der Waals surface area (Å²) < 4.78 is 5.19. The van der Waals surface area contributed by atoms with Gasteiger partial charge < -0.3 is 4.74 Å². The molecule has 0 unspecified atom stereocenters. The van der Waals surface area contributed by atoms with E-state index in [1.807, 2.05) is 0 Å². The second-order valence-corrected chi connectivity index (χ2v) is 3.06. The smallest absolute Gasteiger partial charge is 0.275 e. The van der Waals surface area contributed by atoms with Crippen LogP contribution in [-0.2, 0) is 4.74 Å². The Morgan fingerprint density at radius 1 is 1.60 bits per heavy atom. The molecule has 0 heterocycles. The maximum atomic E-state index is 10.8. The van der Waals surface area contributed by atoms with Crippen LogP contribution in [0.2, 0.25) is 0 Å². The van der Waals surface area contributed by atoms with Crippen molar-refractivity contribution in [2.75, 3.05) is 7.11 Å². The van der Waals surface area contributed by atoms with Crippen LogP contribution in [0.25, 0.3) is 0 Å². The highest BCUT2D eigenvalue weighted by Crippen LogP contribution is 2.29. The van der Waals surface area contributed by atoms with E-state index in [0.717, 1.165) is 0 Å². The van der Waals surface area contributed by atoms with Gasteiger partial charge in [-0.15, -0.1) is 6.58 Å². The Balaban J connectivity index is 3.09. The summed E-state index contributed by atoms with van der Waals surface area (Å²) in [6.45, 7) is 3.60. The van der Waals surface area contributed by atoms with E-state index in [1.165, 1.54) is 13.2 Å². The zero-order valence-electron chi connectivity index (χ0n) is 8.55.